The number of benzene rings is 1. The van der Waals surface area contributed by atoms with Gasteiger partial charge in [-0.3, -0.25) is 14.6 Å². The molecular weight excluding hydrogens is 489 g/mol. The minimum absolute atomic E-state index is 0.136. The molecule has 0 aromatic heterocycles. The summed E-state index contributed by atoms with van der Waals surface area (Å²) in [6, 6.07) is 5.10. The topological polar surface area (TPSA) is 120 Å². The highest BCUT2D eigenvalue weighted by Crippen LogP contribution is 2.22. The Morgan fingerprint density at radius 2 is 2.06 bits per heavy atom. The number of piperidine rings is 1. The maximum Gasteiger partial charge on any atom is 0.256 e. The van der Waals surface area contributed by atoms with Gasteiger partial charge in [0.1, 0.15) is 11.9 Å². The summed E-state index contributed by atoms with van der Waals surface area (Å²) < 4.78 is 28.7. The van der Waals surface area contributed by atoms with Crippen LogP contribution < -0.4 is 20.8 Å². The molecule has 2 aliphatic heterocycles. The summed E-state index contributed by atoms with van der Waals surface area (Å²) in [7, 11) is -3.75. The standard InChI is InChI=1S/C21H31Cl2N5O4S/c1-2-14-6-7-16(27-19(29)13-28-21(30)20(23)17(22)12-25-28)11-18(14)33(31,32)26-10-8-15-5-3-4-9-24-15/h6-7,11,15,17,20,24-26H,2-5,8-10,12-13H2,1H3,(H,27,29). The monoisotopic (exact) mass is 519 g/mol. The summed E-state index contributed by atoms with van der Waals surface area (Å²) in [5.74, 6) is -0.976. The van der Waals surface area contributed by atoms with Crippen LogP contribution in [0.3, 0.4) is 0 Å². The summed E-state index contributed by atoms with van der Waals surface area (Å²) in [5, 5.41) is 5.70. The molecule has 1 aromatic rings. The molecule has 184 valence electrons. The van der Waals surface area contributed by atoms with Gasteiger partial charge in [0.25, 0.3) is 5.91 Å². The van der Waals surface area contributed by atoms with Crippen LogP contribution in [0.1, 0.15) is 38.2 Å². The highest BCUT2D eigenvalue weighted by Gasteiger charge is 2.34. The van der Waals surface area contributed by atoms with Crippen molar-refractivity contribution in [1.82, 2.24) is 20.5 Å². The van der Waals surface area contributed by atoms with Gasteiger partial charge in [-0.25, -0.2) is 18.6 Å². The molecule has 2 heterocycles. The van der Waals surface area contributed by atoms with E-state index in [0.29, 0.717) is 30.3 Å². The number of alkyl halides is 2. The van der Waals surface area contributed by atoms with Gasteiger partial charge in [0.05, 0.1) is 10.3 Å². The predicted octanol–water partition coefficient (Wildman–Crippen LogP) is 1.56. The summed E-state index contributed by atoms with van der Waals surface area (Å²) in [5.41, 5.74) is 3.75. The lowest BCUT2D eigenvalue weighted by atomic mass is 10.0. The third-order valence-corrected chi connectivity index (χ3v) is 8.39. The molecule has 2 aliphatic rings. The predicted molar refractivity (Wildman–Crippen MR) is 129 cm³/mol. The van der Waals surface area contributed by atoms with E-state index in [1.165, 1.54) is 6.07 Å². The Morgan fingerprint density at radius 1 is 1.27 bits per heavy atom. The highest BCUT2D eigenvalue weighted by molar-refractivity contribution is 7.89. The van der Waals surface area contributed by atoms with E-state index in [2.05, 4.69) is 20.8 Å². The van der Waals surface area contributed by atoms with Crippen molar-refractivity contribution in [3.63, 3.8) is 0 Å². The van der Waals surface area contributed by atoms with Crippen LogP contribution in [-0.4, -0.2) is 68.2 Å². The van der Waals surface area contributed by atoms with E-state index in [1.807, 2.05) is 6.92 Å². The summed E-state index contributed by atoms with van der Waals surface area (Å²) in [4.78, 5) is 24.8. The third-order valence-electron chi connectivity index (χ3n) is 5.82. The summed E-state index contributed by atoms with van der Waals surface area (Å²) >= 11 is 11.9. The molecule has 3 atom stereocenters. The zero-order chi connectivity index (χ0) is 24.0. The van der Waals surface area contributed by atoms with Crippen molar-refractivity contribution in [3.05, 3.63) is 23.8 Å². The van der Waals surface area contributed by atoms with Crippen LogP contribution in [-0.2, 0) is 26.0 Å². The Kier molecular flexibility index (Phi) is 9.37. The molecule has 2 saturated heterocycles. The largest absolute Gasteiger partial charge is 0.324 e. The van der Waals surface area contributed by atoms with Gasteiger partial charge < -0.3 is 10.6 Å². The Bertz CT molecular complexity index is 956. The Balaban J connectivity index is 1.63. The number of aryl methyl sites for hydroxylation is 1. The van der Waals surface area contributed by atoms with Crippen LogP contribution in [0.4, 0.5) is 5.69 Å². The first kappa shape index (κ1) is 26.2. The second kappa shape index (κ2) is 11.8. The second-order valence-electron chi connectivity index (χ2n) is 8.26. The van der Waals surface area contributed by atoms with Crippen LogP contribution in [0.5, 0.6) is 0 Å². The maximum atomic E-state index is 13.0. The molecule has 3 unspecified atom stereocenters. The Hall–Kier alpha value is -1.43. The number of carbonyl (C=O) groups is 2. The second-order valence-corrected chi connectivity index (χ2v) is 11.0. The van der Waals surface area contributed by atoms with Crippen LogP contribution in [0.25, 0.3) is 0 Å². The van der Waals surface area contributed by atoms with Gasteiger partial charge in [-0.1, -0.05) is 19.4 Å². The number of hydrazine groups is 1. The Labute approximate surface area is 205 Å². The van der Waals surface area contributed by atoms with E-state index in [0.717, 1.165) is 37.2 Å². The fourth-order valence-electron chi connectivity index (χ4n) is 3.95. The molecule has 2 fully saturated rings. The average molecular weight is 520 g/mol. The highest BCUT2D eigenvalue weighted by atomic mass is 35.5. The van der Waals surface area contributed by atoms with Gasteiger partial charge in [-0.05, 0) is 49.9 Å². The molecular formula is C21H31Cl2N5O4S. The third kappa shape index (κ3) is 7.03. The van der Waals surface area contributed by atoms with E-state index in [9.17, 15) is 18.0 Å². The zero-order valence-corrected chi connectivity index (χ0v) is 20.9. The first-order chi connectivity index (χ1) is 15.7. The molecule has 3 rings (SSSR count). The van der Waals surface area contributed by atoms with Crippen LogP contribution >= 0.6 is 23.2 Å². The molecule has 1 aromatic carbocycles. The smallest absolute Gasteiger partial charge is 0.256 e. The molecule has 2 amide bonds. The average Bonchev–Trinajstić information content (AvgIpc) is 2.80. The number of halogens is 2. The van der Waals surface area contributed by atoms with Gasteiger partial charge in [-0.15, -0.1) is 23.2 Å². The van der Waals surface area contributed by atoms with E-state index >= 15 is 0 Å². The van der Waals surface area contributed by atoms with Crippen molar-refractivity contribution in [2.75, 3.05) is 31.5 Å². The lowest BCUT2D eigenvalue weighted by Gasteiger charge is -2.32. The first-order valence-corrected chi connectivity index (χ1v) is 13.6. The number of hydrogen-bond acceptors (Lipinski definition) is 6. The van der Waals surface area contributed by atoms with Crippen molar-refractivity contribution in [2.24, 2.45) is 0 Å². The lowest BCUT2D eigenvalue weighted by molar-refractivity contribution is -0.139. The molecule has 12 heteroatoms. The van der Waals surface area contributed by atoms with Crippen LogP contribution in [0.2, 0.25) is 0 Å². The van der Waals surface area contributed by atoms with Crippen LogP contribution in [0.15, 0.2) is 23.1 Å². The van der Waals surface area contributed by atoms with E-state index in [1.54, 1.807) is 12.1 Å². The summed E-state index contributed by atoms with van der Waals surface area (Å²) in [6.45, 7) is 3.15. The molecule has 4 N–H and O–H groups in total. The van der Waals surface area contributed by atoms with E-state index in [4.69, 9.17) is 23.2 Å². The molecule has 0 saturated carbocycles. The van der Waals surface area contributed by atoms with Crippen molar-refractivity contribution in [3.8, 4) is 0 Å². The quantitative estimate of drug-likeness (QED) is 0.367. The van der Waals surface area contributed by atoms with Gasteiger partial charge in [0, 0.05) is 24.8 Å². The molecule has 33 heavy (non-hydrogen) atoms. The number of amides is 2. The SMILES string of the molecule is CCc1ccc(NC(=O)CN2NCC(Cl)C(Cl)C2=O)cc1S(=O)(=O)NCCC1CCCCN1. The van der Waals surface area contributed by atoms with Crippen molar-refractivity contribution >= 4 is 50.7 Å². The van der Waals surface area contributed by atoms with Gasteiger partial charge >= 0.3 is 0 Å². The molecule has 9 nitrogen and oxygen atoms in total. The normalized spacial score (nSPS) is 24.0. The van der Waals surface area contributed by atoms with E-state index in [-0.39, 0.29) is 18.0 Å². The lowest BCUT2D eigenvalue weighted by Crippen LogP contribution is -2.58. The molecule has 0 aliphatic carbocycles. The number of nitrogens with one attached hydrogen (secondary N) is 4. The molecule has 0 spiro atoms. The van der Waals surface area contributed by atoms with Gasteiger partial charge in [0.15, 0.2) is 0 Å². The number of nitrogens with zero attached hydrogens (tertiary/aromatic N) is 1. The fourth-order valence-corrected chi connectivity index (χ4v) is 5.72. The van der Waals surface area contributed by atoms with Crippen molar-refractivity contribution < 1.29 is 18.0 Å². The minimum Gasteiger partial charge on any atom is -0.324 e. The first-order valence-electron chi connectivity index (χ1n) is 11.2. The number of hydrogen-bond donors (Lipinski definition) is 4. The number of sulfonamides is 1. The van der Waals surface area contributed by atoms with Crippen molar-refractivity contribution in [1.29, 1.82) is 0 Å². The fraction of sp³-hybridized carbons (Fsp3) is 0.619. The van der Waals surface area contributed by atoms with Crippen LogP contribution in [0, 0.1) is 0 Å². The van der Waals surface area contributed by atoms with E-state index < -0.39 is 32.6 Å². The zero-order valence-electron chi connectivity index (χ0n) is 18.6. The molecule has 0 radical (unpaired) electrons. The maximum absolute atomic E-state index is 13.0. The number of carbonyl (C=O) groups excluding carboxylic acids is 2. The van der Waals surface area contributed by atoms with Gasteiger partial charge in [-0.2, -0.15) is 0 Å². The minimum atomic E-state index is -3.75. The van der Waals surface area contributed by atoms with Crippen molar-refractivity contribution in [2.45, 2.75) is 60.7 Å². The molecule has 0 bridgehead atoms. The van der Waals surface area contributed by atoms with Gasteiger partial charge in [0.2, 0.25) is 15.9 Å². The Morgan fingerprint density at radius 3 is 2.76 bits per heavy atom. The number of anilines is 1. The summed E-state index contributed by atoms with van der Waals surface area (Å²) in [6.07, 6.45) is 4.61. The number of rotatable bonds is 9.